The van der Waals surface area contributed by atoms with E-state index in [2.05, 4.69) is 4.72 Å². The van der Waals surface area contributed by atoms with E-state index in [4.69, 9.17) is 63.3 Å². The summed E-state index contributed by atoms with van der Waals surface area (Å²) in [5.74, 6) is 0. The minimum atomic E-state index is 0.129. The summed E-state index contributed by atoms with van der Waals surface area (Å²) in [6, 6.07) is 2.00. The monoisotopic (exact) mass is 348 g/mol. The van der Waals surface area contributed by atoms with Crippen LogP contribution in [-0.2, 0) is 0 Å². The first kappa shape index (κ1) is 15.5. The summed E-state index contributed by atoms with van der Waals surface area (Å²) >= 11 is 30.8. The second-order valence-corrected chi connectivity index (χ2v) is 5.59. The molecule has 0 radical (unpaired) electrons. The molecule has 0 saturated carbocycles. The van der Waals surface area contributed by atoms with E-state index < -0.39 is 0 Å². The molecule has 0 spiro atoms. The van der Waals surface area contributed by atoms with Crippen molar-refractivity contribution in [1.82, 2.24) is 4.72 Å². The molecule has 92 valence electrons. The Balaban J connectivity index is 2.96. The van der Waals surface area contributed by atoms with Crippen molar-refractivity contribution in [1.29, 1.82) is 5.26 Å². The molecule has 0 heterocycles. The minimum absolute atomic E-state index is 0.129. The van der Waals surface area contributed by atoms with Gasteiger partial charge in [0.05, 0.1) is 36.1 Å². The van der Waals surface area contributed by atoms with Gasteiger partial charge in [0, 0.05) is 13.0 Å². The highest BCUT2D eigenvalue weighted by Crippen LogP contribution is 2.47. The zero-order valence-corrected chi connectivity index (χ0v) is 12.8. The maximum Gasteiger partial charge on any atom is 0.0809 e. The molecule has 0 atom stereocenters. The molecular weight excluding hydrogens is 345 g/mol. The molecule has 2 nitrogen and oxygen atoms in total. The van der Waals surface area contributed by atoms with Crippen LogP contribution >= 0.6 is 70.0 Å². The van der Waals surface area contributed by atoms with Crippen LogP contribution in [0.15, 0.2) is 4.90 Å². The molecular formula is C9H5Cl5N2S. The second-order valence-electron chi connectivity index (χ2n) is 2.80. The van der Waals surface area contributed by atoms with E-state index in [1.54, 1.807) is 0 Å². The summed E-state index contributed by atoms with van der Waals surface area (Å²) < 4.78 is 2.92. The Hall–Kier alpha value is 0.470. The summed E-state index contributed by atoms with van der Waals surface area (Å²) in [7, 11) is 0. The predicted molar refractivity (Wildman–Crippen MR) is 75.6 cm³/mol. The van der Waals surface area contributed by atoms with Gasteiger partial charge in [-0.2, -0.15) is 5.26 Å². The van der Waals surface area contributed by atoms with E-state index in [0.29, 0.717) is 17.9 Å². The van der Waals surface area contributed by atoms with E-state index >= 15 is 0 Å². The first-order valence-corrected chi connectivity index (χ1v) is 6.99. The molecule has 0 amide bonds. The molecule has 0 saturated heterocycles. The number of rotatable bonds is 4. The Bertz CT molecular complexity index is 442. The fraction of sp³-hybridized carbons (Fsp3) is 0.222. The zero-order valence-electron chi connectivity index (χ0n) is 8.16. The lowest BCUT2D eigenvalue weighted by molar-refractivity contribution is 0.945. The molecule has 0 aliphatic carbocycles. The molecule has 1 aromatic rings. The van der Waals surface area contributed by atoms with Crippen molar-refractivity contribution < 1.29 is 0 Å². The Morgan fingerprint density at radius 3 is 1.88 bits per heavy atom. The molecule has 0 fully saturated rings. The molecule has 1 aromatic carbocycles. The average molecular weight is 350 g/mol. The first-order valence-electron chi connectivity index (χ1n) is 4.28. The maximum atomic E-state index is 8.39. The molecule has 0 bridgehead atoms. The van der Waals surface area contributed by atoms with Crippen molar-refractivity contribution in [2.24, 2.45) is 0 Å². The molecule has 0 aromatic heterocycles. The molecule has 0 aliphatic rings. The van der Waals surface area contributed by atoms with Gasteiger partial charge >= 0.3 is 0 Å². The molecule has 1 rings (SSSR count). The number of hydrogen-bond donors (Lipinski definition) is 1. The molecule has 17 heavy (non-hydrogen) atoms. The normalized spacial score (nSPS) is 10.4. The third-order valence-corrected chi connectivity index (χ3v) is 5.14. The average Bonchev–Trinajstić information content (AvgIpc) is 2.33. The van der Waals surface area contributed by atoms with E-state index in [-0.39, 0.29) is 25.1 Å². The minimum Gasteiger partial charge on any atom is -0.259 e. The molecule has 0 aliphatic heterocycles. The molecule has 1 N–H and O–H groups in total. The number of benzene rings is 1. The second kappa shape index (κ2) is 7.16. The van der Waals surface area contributed by atoms with Crippen LogP contribution in [0.4, 0.5) is 0 Å². The highest BCUT2D eigenvalue weighted by atomic mass is 35.5. The number of nitrogens with one attached hydrogen (secondary N) is 1. The van der Waals surface area contributed by atoms with Gasteiger partial charge in [-0.25, -0.2) is 0 Å². The van der Waals surface area contributed by atoms with E-state index in [1.165, 1.54) is 0 Å². The van der Waals surface area contributed by atoms with Gasteiger partial charge in [0.1, 0.15) is 0 Å². The van der Waals surface area contributed by atoms with Gasteiger partial charge in [-0.15, -0.1) is 0 Å². The summed E-state index contributed by atoms with van der Waals surface area (Å²) in [4.78, 5) is 0.491. The Morgan fingerprint density at radius 2 is 1.41 bits per heavy atom. The largest absolute Gasteiger partial charge is 0.259 e. The van der Waals surface area contributed by atoms with Crippen molar-refractivity contribution in [3.63, 3.8) is 0 Å². The summed E-state index contributed by atoms with van der Waals surface area (Å²) in [5, 5.41) is 9.31. The Kier molecular flexibility index (Phi) is 6.54. The van der Waals surface area contributed by atoms with E-state index in [0.717, 1.165) is 11.9 Å². The first-order chi connectivity index (χ1) is 8.00. The summed E-state index contributed by atoms with van der Waals surface area (Å²) in [6.45, 7) is 0.492. The van der Waals surface area contributed by atoms with Crippen LogP contribution in [0, 0.1) is 11.3 Å². The van der Waals surface area contributed by atoms with Crippen molar-refractivity contribution in [2.45, 2.75) is 11.3 Å². The molecule has 0 unspecified atom stereocenters. The van der Waals surface area contributed by atoms with E-state index in [9.17, 15) is 0 Å². The van der Waals surface area contributed by atoms with Crippen LogP contribution in [0.3, 0.4) is 0 Å². The smallest absolute Gasteiger partial charge is 0.0809 e. The van der Waals surface area contributed by atoms with E-state index in [1.807, 2.05) is 6.07 Å². The molecule has 8 heteroatoms. The number of halogens is 5. The van der Waals surface area contributed by atoms with Crippen molar-refractivity contribution in [3.05, 3.63) is 25.1 Å². The quantitative estimate of drug-likeness (QED) is 0.339. The van der Waals surface area contributed by atoms with Crippen molar-refractivity contribution >= 4 is 70.0 Å². The van der Waals surface area contributed by atoms with Crippen LogP contribution in [0.2, 0.25) is 25.1 Å². The van der Waals surface area contributed by atoms with Crippen LogP contribution in [0.1, 0.15) is 6.42 Å². The summed E-state index contributed by atoms with van der Waals surface area (Å²) in [5.41, 5.74) is 0. The number of hydrogen-bond acceptors (Lipinski definition) is 3. The van der Waals surface area contributed by atoms with Crippen molar-refractivity contribution in [2.75, 3.05) is 6.54 Å². The van der Waals surface area contributed by atoms with Gasteiger partial charge in [0.25, 0.3) is 0 Å². The fourth-order valence-corrected chi connectivity index (χ4v) is 3.12. The van der Waals surface area contributed by atoms with Crippen LogP contribution in [-0.4, -0.2) is 6.54 Å². The Labute approximate surface area is 128 Å². The highest BCUT2D eigenvalue weighted by molar-refractivity contribution is 7.97. The Morgan fingerprint density at radius 1 is 0.941 bits per heavy atom. The van der Waals surface area contributed by atoms with Crippen LogP contribution in [0.5, 0.6) is 0 Å². The van der Waals surface area contributed by atoms with Crippen molar-refractivity contribution in [3.8, 4) is 6.07 Å². The highest BCUT2D eigenvalue weighted by Gasteiger charge is 2.19. The zero-order chi connectivity index (χ0) is 13.0. The third-order valence-electron chi connectivity index (χ3n) is 1.68. The summed E-state index contributed by atoms with van der Waals surface area (Å²) in [6.07, 6.45) is 0.372. The van der Waals surface area contributed by atoms with Gasteiger partial charge in [-0.05, 0) is 11.9 Å². The third kappa shape index (κ3) is 3.71. The van der Waals surface area contributed by atoms with Crippen LogP contribution in [0.25, 0.3) is 0 Å². The van der Waals surface area contributed by atoms with Gasteiger partial charge in [-0.1, -0.05) is 58.0 Å². The number of nitrogens with zero attached hydrogens (tertiary/aromatic N) is 1. The number of nitriles is 1. The topological polar surface area (TPSA) is 35.8 Å². The lowest BCUT2D eigenvalue weighted by atomic mass is 10.3. The van der Waals surface area contributed by atoms with Gasteiger partial charge in [-0.3, -0.25) is 4.72 Å². The van der Waals surface area contributed by atoms with Gasteiger partial charge in [0.2, 0.25) is 0 Å². The fourth-order valence-electron chi connectivity index (χ4n) is 0.905. The standard InChI is InChI=1S/C9H5Cl5N2S/c10-4-5(11)7(13)9(8(14)6(4)12)17-16-3-1-2-15/h16H,1,3H2. The predicted octanol–water partition coefficient (Wildman–Crippen LogP) is 5.46. The van der Waals surface area contributed by atoms with Crippen LogP contribution < -0.4 is 4.72 Å². The lowest BCUT2D eigenvalue weighted by Crippen LogP contribution is -2.04. The lowest BCUT2D eigenvalue weighted by Gasteiger charge is -2.11. The van der Waals surface area contributed by atoms with Gasteiger partial charge in [0.15, 0.2) is 0 Å². The SMILES string of the molecule is N#CCCNSc1c(Cl)c(Cl)c(Cl)c(Cl)c1Cl. The van der Waals surface area contributed by atoms with Gasteiger partial charge < -0.3 is 0 Å². The maximum absolute atomic E-state index is 8.39.